The quantitative estimate of drug-likeness (QED) is 0.331. The van der Waals surface area contributed by atoms with Gasteiger partial charge in [-0.25, -0.2) is 19.7 Å². The number of aryl methyl sites for hydroxylation is 2. The molecular formula is C27H37N5O3S. The minimum atomic E-state index is -0.580. The zero-order valence-electron chi connectivity index (χ0n) is 22.4. The van der Waals surface area contributed by atoms with E-state index in [1.807, 2.05) is 71.2 Å². The number of rotatable bonds is 9. The fourth-order valence-electron chi connectivity index (χ4n) is 3.89. The van der Waals surface area contributed by atoms with E-state index >= 15 is 0 Å². The van der Waals surface area contributed by atoms with Gasteiger partial charge >= 0.3 is 6.09 Å². The Balaban J connectivity index is 1.71. The van der Waals surface area contributed by atoms with Gasteiger partial charge in [-0.05, 0) is 83.7 Å². The average Bonchev–Trinajstić information content (AvgIpc) is 3.15. The van der Waals surface area contributed by atoms with Crippen molar-refractivity contribution in [1.29, 1.82) is 0 Å². The van der Waals surface area contributed by atoms with Gasteiger partial charge in [-0.2, -0.15) is 0 Å². The van der Waals surface area contributed by atoms with Crippen LogP contribution in [0.2, 0.25) is 0 Å². The highest BCUT2D eigenvalue weighted by atomic mass is 32.1. The number of hydrogen-bond acceptors (Lipinski definition) is 8. The molecule has 0 fully saturated rings. The molecule has 0 saturated carbocycles. The van der Waals surface area contributed by atoms with Crippen molar-refractivity contribution >= 4 is 28.5 Å². The summed E-state index contributed by atoms with van der Waals surface area (Å²) in [7, 11) is 0. The predicted molar refractivity (Wildman–Crippen MR) is 145 cm³/mol. The summed E-state index contributed by atoms with van der Waals surface area (Å²) in [5.74, 6) is 1.62. The number of thiazole rings is 1. The predicted octanol–water partition coefficient (Wildman–Crippen LogP) is 6.67. The topological polar surface area (TPSA) is 98.3 Å². The normalized spacial score (nSPS) is 13.2. The number of anilines is 2. The van der Waals surface area contributed by atoms with E-state index < -0.39 is 17.2 Å². The van der Waals surface area contributed by atoms with E-state index in [-0.39, 0.29) is 0 Å². The van der Waals surface area contributed by atoms with Crippen LogP contribution < -0.4 is 15.4 Å². The number of carbonyl (C=O) groups excluding carboxylic acids is 1. The first-order valence-corrected chi connectivity index (χ1v) is 13.0. The molecule has 1 amide bonds. The highest BCUT2D eigenvalue weighted by molar-refractivity contribution is 7.13. The third-order valence-corrected chi connectivity index (χ3v) is 6.05. The Bertz CT molecular complexity index is 1190. The number of alkyl carbamates (subject to hydrolysis) is 1. The van der Waals surface area contributed by atoms with E-state index in [0.717, 1.165) is 39.8 Å². The molecule has 36 heavy (non-hydrogen) atoms. The summed E-state index contributed by atoms with van der Waals surface area (Å²) in [4.78, 5) is 25.8. The third-order valence-electron chi connectivity index (χ3n) is 5.17. The highest BCUT2D eigenvalue weighted by Crippen LogP contribution is 2.28. The zero-order valence-corrected chi connectivity index (χ0v) is 23.2. The number of aromatic nitrogens is 3. The molecule has 0 aliphatic heterocycles. The van der Waals surface area contributed by atoms with Gasteiger partial charge in [-0.15, -0.1) is 11.3 Å². The maximum absolute atomic E-state index is 12.5. The molecule has 1 aromatic carbocycles. The molecule has 0 spiro atoms. The first kappa shape index (κ1) is 27.4. The Morgan fingerprint density at radius 1 is 1.11 bits per heavy atom. The van der Waals surface area contributed by atoms with Crippen molar-refractivity contribution in [3.05, 3.63) is 47.1 Å². The molecule has 3 rings (SSSR count). The summed E-state index contributed by atoms with van der Waals surface area (Å²) in [5.41, 5.74) is 2.54. The molecule has 3 aromatic rings. The Kier molecular flexibility index (Phi) is 8.55. The molecule has 2 heterocycles. The molecule has 0 radical (unpaired) electrons. The summed E-state index contributed by atoms with van der Waals surface area (Å²) >= 11 is 1.51. The van der Waals surface area contributed by atoms with Crippen molar-refractivity contribution in [2.24, 2.45) is 5.92 Å². The van der Waals surface area contributed by atoms with Gasteiger partial charge in [0.15, 0.2) is 5.13 Å². The lowest BCUT2D eigenvalue weighted by Gasteiger charge is -2.33. The summed E-state index contributed by atoms with van der Waals surface area (Å²) in [6.07, 6.45) is 2.03. The highest BCUT2D eigenvalue weighted by Gasteiger charge is 2.31. The largest absolute Gasteiger partial charge is 0.491 e. The second-order valence-corrected chi connectivity index (χ2v) is 11.6. The third kappa shape index (κ3) is 8.19. The van der Waals surface area contributed by atoms with Crippen molar-refractivity contribution in [1.82, 2.24) is 20.3 Å². The first-order valence-electron chi connectivity index (χ1n) is 12.1. The standard InChI is InChI=1S/C27H37N5O3S/c1-17(2)14-27(8,32-25(33)35-26(5,6)7)16-34-22-10-9-20(13-18(22)3)21-11-12-28-23(30-21)31-24-29-19(4)15-36-24/h9-13,15,17H,14,16H2,1-8H3,(H,32,33)(H,28,29,30,31)/t27-/m0/s1. The molecule has 0 aliphatic carbocycles. The lowest BCUT2D eigenvalue weighted by molar-refractivity contribution is 0.0408. The van der Waals surface area contributed by atoms with E-state index in [9.17, 15) is 4.79 Å². The Morgan fingerprint density at radius 3 is 2.47 bits per heavy atom. The number of nitrogens with one attached hydrogen (secondary N) is 2. The van der Waals surface area contributed by atoms with Crippen molar-refractivity contribution in [2.75, 3.05) is 11.9 Å². The van der Waals surface area contributed by atoms with Gasteiger partial charge < -0.3 is 20.1 Å². The Morgan fingerprint density at radius 2 is 1.86 bits per heavy atom. The van der Waals surface area contributed by atoms with Crippen LogP contribution in [0.3, 0.4) is 0 Å². The molecule has 9 heteroatoms. The second-order valence-electron chi connectivity index (χ2n) is 10.7. The molecule has 0 saturated heterocycles. The molecule has 0 aliphatic rings. The zero-order chi connectivity index (χ0) is 26.5. The smallest absolute Gasteiger partial charge is 0.408 e. The number of benzene rings is 1. The number of hydrogen-bond donors (Lipinski definition) is 2. The molecular weight excluding hydrogens is 474 g/mol. The molecule has 8 nitrogen and oxygen atoms in total. The minimum Gasteiger partial charge on any atom is -0.491 e. The van der Waals surface area contributed by atoms with Crippen LogP contribution in [0, 0.1) is 19.8 Å². The number of amides is 1. The number of nitrogens with zero attached hydrogens (tertiary/aromatic N) is 3. The van der Waals surface area contributed by atoms with Gasteiger partial charge in [0.25, 0.3) is 0 Å². The van der Waals surface area contributed by atoms with Gasteiger partial charge in [-0.3, -0.25) is 0 Å². The summed E-state index contributed by atoms with van der Waals surface area (Å²) in [5, 5.41) is 8.91. The summed E-state index contributed by atoms with van der Waals surface area (Å²) in [6.45, 7) is 16.0. The van der Waals surface area contributed by atoms with E-state index in [1.165, 1.54) is 11.3 Å². The van der Waals surface area contributed by atoms with E-state index in [2.05, 4.69) is 39.4 Å². The maximum Gasteiger partial charge on any atom is 0.408 e. The van der Waals surface area contributed by atoms with Gasteiger partial charge in [0.2, 0.25) is 5.95 Å². The van der Waals surface area contributed by atoms with E-state index in [1.54, 1.807) is 6.20 Å². The van der Waals surface area contributed by atoms with Crippen LogP contribution in [0.1, 0.15) is 59.2 Å². The SMILES string of the molecule is Cc1csc(Nc2nccc(-c3ccc(OC[C@](C)(CC(C)C)NC(=O)OC(C)(C)C)c(C)c3)n2)n1. The van der Waals surface area contributed by atoms with Crippen LogP contribution in [0.4, 0.5) is 15.9 Å². The van der Waals surface area contributed by atoms with E-state index in [4.69, 9.17) is 9.47 Å². The van der Waals surface area contributed by atoms with Crippen LogP contribution in [0.15, 0.2) is 35.8 Å². The number of carbonyl (C=O) groups is 1. The van der Waals surface area contributed by atoms with Crippen LogP contribution in [-0.4, -0.2) is 38.8 Å². The fraction of sp³-hybridized carbons (Fsp3) is 0.481. The van der Waals surface area contributed by atoms with E-state index in [0.29, 0.717) is 18.5 Å². The molecule has 2 aromatic heterocycles. The van der Waals surface area contributed by atoms with Gasteiger partial charge in [0, 0.05) is 17.1 Å². The summed E-state index contributed by atoms with van der Waals surface area (Å²) < 4.78 is 11.7. The molecule has 2 N–H and O–H groups in total. The van der Waals surface area contributed by atoms with Gasteiger partial charge in [0.05, 0.1) is 16.9 Å². The lowest BCUT2D eigenvalue weighted by atomic mass is 9.91. The molecule has 0 bridgehead atoms. The Labute approximate surface area is 217 Å². The molecule has 1 atom stereocenters. The maximum atomic E-state index is 12.5. The first-order chi connectivity index (χ1) is 16.8. The van der Waals surface area contributed by atoms with Gasteiger partial charge in [-0.1, -0.05) is 13.8 Å². The van der Waals surface area contributed by atoms with Crippen molar-refractivity contribution in [3.8, 4) is 17.0 Å². The summed E-state index contributed by atoms with van der Waals surface area (Å²) in [6, 6.07) is 7.82. The minimum absolute atomic E-state index is 0.319. The molecule has 0 unspecified atom stereocenters. The van der Waals surface area contributed by atoms with Crippen molar-refractivity contribution in [3.63, 3.8) is 0 Å². The monoisotopic (exact) mass is 511 g/mol. The van der Waals surface area contributed by atoms with Crippen molar-refractivity contribution in [2.45, 2.75) is 73.0 Å². The van der Waals surface area contributed by atoms with Crippen LogP contribution in [0.5, 0.6) is 5.75 Å². The van der Waals surface area contributed by atoms with Crippen LogP contribution >= 0.6 is 11.3 Å². The van der Waals surface area contributed by atoms with Gasteiger partial charge in [0.1, 0.15) is 18.0 Å². The van der Waals surface area contributed by atoms with Crippen molar-refractivity contribution < 1.29 is 14.3 Å². The van der Waals surface area contributed by atoms with Crippen LogP contribution in [-0.2, 0) is 4.74 Å². The molecule has 194 valence electrons. The lowest BCUT2D eigenvalue weighted by Crippen LogP contribution is -2.52. The van der Waals surface area contributed by atoms with Crippen LogP contribution in [0.25, 0.3) is 11.3 Å². The Hall–Kier alpha value is -3.20. The number of ether oxygens (including phenoxy) is 2. The second kappa shape index (κ2) is 11.2. The average molecular weight is 512 g/mol. The fourth-order valence-corrected chi connectivity index (χ4v) is 4.57.